The first-order chi connectivity index (χ1) is 64.2. The Hall–Kier alpha value is -6.99. The number of amides is 1. The van der Waals surface area contributed by atoms with Gasteiger partial charge in [0.1, 0.15) is 11.6 Å². The minimum absolute atomic E-state index is 0.0785. The Balaban J connectivity index is 0.000000161. The van der Waals surface area contributed by atoms with E-state index in [4.69, 9.17) is 100 Å². The van der Waals surface area contributed by atoms with Crippen LogP contribution in [0.3, 0.4) is 0 Å². The number of carbonyl (C=O) groups is 1. The molecule has 0 saturated carbocycles. The fraction of sp³-hybridized carbons (Fsp3) is 0.188. The summed E-state index contributed by atoms with van der Waals surface area (Å²) in [5.74, 6) is 0.961. The summed E-state index contributed by atoms with van der Waals surface area (Å²) in [4.78, 5) is 38.3. The van der Waals surface area contributed by atoms with Crippen molar-refractivity contribution in [3.63, 3.8) is 0 Å². The number of carbonyl (C=O) groups excluding carboxylic acids is 1. The van der Waals surface area contributed by atoms with Crippen molar-refractivity contribution in [2.24, 2.45) is 0 Å². The molecule has 0 spiro atoms. The van der Waals surface area contributed by atoms with Crippen LogP contribution in [0.15, 0.2) is 250 Å². The molecule has 136 heavy (non-hydrogen) atoms. The van der Waals surface area contributed by atoms with Crippen LogP contribution in [0.2, 0.25) is 20.1 Å². The number of hydrogen-bond acceptors (Lipinski definition) is 19. The number of benzene rings is 11. The van der Waals surface area contributed by atoms with Crippen LogP contribution in [0.4, 0.5) is 28.7 Å². The smallest absolute Gasteiger partial charge is 0.423 e. The maximum Gasteiger partial charge on any atom is 0.496 e. The summed E-state index contributed by atoms with van der Waals surface area (Å²) in [5.41, 5.74) is 40.7. The summed E-state index contributed by atoms with van der Waals surface area (Å²) in [5, 5.41) is 31.1. The number of aromatic nitrogens is 6. The maximum atomic E-state index is 10.8. The van der Waals surface area contributed by atoms with E-state index in [0.29, 0.717) is 22.1 Å². The summed E-state index contributed by atoms with van der Waals surface area (Å²) in [6, 6.07) is 67.1. The van der Waals surface area contributed by atoms with Gasteiger partial charge in [-0.25, -0.2) is 29.9 Å². The van der Waals surface area contributed by atoms with Gasteiger partial charge in [0.05, 0.1) is 94.1 Å². The zero-order valence-electron chi connectivity index (χ0n) is 76.5. The van der Waals surface area contributed by atoms with Crippen molar-refractivity contribution in [1.29, 1.82) is 0 Å². The third kappa shape index (κ3) is 32.3. The second-order valence-corrected chi connectivity index (χ2v) is 46.2. The molecule has 18 rings (SSSR count). The van der Waals surface area contributed by atoms with E-state index in [-0.39, 0.29) is 24.2 Å². The number of hydrogen-bond donors (Lipinski definition) is 7. The van der Waals surface area contributed by atoms with Crippen LogP contribution >= 0.6 is 231 Å². The quantitative estimate of drug-likeness (QED) is 0.0291. The first-order valence-corrected chi connectivity index (χ1v) is 53.7. The van der Waals surface area contributed by atoms with Crippen LogP contribution in [-0.2, 0) is 25.9 Å². The number of nitrogens with two attached hydrogens (primary N) is 3. The Bertz CT molecular complexity index is 6970. The fourth-order valence-corrected chi connectivity index (χ4v) is 23.8. The molecule has 0 aliphatic carbocycles. The van der Waals surface area contributed by atoms with Gasteiger partial charge in [-0.05, 0) is 427 Å². The maximum absolute atomic E-state index is 10.8. The summed E-state index contributed by atoms with van der Waals surface area (Å²) in [7, 11) is -1.79. The van der Waals surface area contributed by atoms with Gasteiger partial charge in [0.15, 0.2) is 0 Å². The molecule has 10 N–H and O–H groups in total. The van der Waals surface area contributed by atoms with Crippen molar-refractivity contribution in [1.82, 2.24) is 29.9 Å². The van der Waals surface area contributed by atoms with Crippen molar-refractivity contribution in [2.75, 3.05) is 27.8 Å². The Morgan fingerprint density at radius 2 is 0.779 bits per heavy atom. The number of anilines is 5. The number of thiocarbonyl (C=S) groups is 1. The van der Waals surface area contributed by atoms with Crippen LogP contribution in [0.1, 0.15) is 106 Å². The lowest BCUT2D eigenvalue weighted by molar-refractivity contribution is -0.114. The Morgan fingerprint density at radius 1 is 0.426 bits per heavy atom. The first-order valence-electron chi connectivity index (χ1n) is 41.8. The predicted molar refractivity (Wildman–Crippen MR) is 616 cm³/mol. The van der Waals surface area contributed by atoms with Gasteiger partial charge in [-0.15, -0.1) is 45.3 Å². The molecule has 16 nitrogen and oxygen atoms in total. The average Bonchev–Trinajstić information content (AvgIpc) is 1.61. The number of nitrogens with one attached hydrogen (secondary N) is 2. The topological polar surface area (TPSA) is 255 Å². The average molecular weight is 2510 g/mol. The summed E-state index contributed by atoms with van der Waals surface area (Å²) in [6.45, 7) is 29.9. The summed E-state index contributed by atoms with van der Waals surface area (Å²) >= 11 is 63.3. The monoisotopic (exact) mass is 2490 g/mol. The lowest BCUT2D eigenvalue weighted by atomic mass is 9.80. The third-order valence-corrected chi connectivity index (χ3v) is 30.0. The van der Waals surface area contributed by atoms with Gasteiger partial charge in [0.25, 0.3) is 0 Å². The van der Waals surface area contributed by atoms with E-state index in [1.54, 1.807) is 75.8 Å². The molecule has 0 bridgehead atoms. The van der Waals surface area contributed by atoms with E-state index < -0.39 is 7.12 Å². The highest BCUT2D eigenvalue weighted by Gasteiger charge is 2.52. The molecule has 35 heteroatoms. The van der Waals surface area contributed by atoms with Crippen LogP contribution in [0.5, 0.6) is 0 Å². The first kappa shape index (κ1) is 111. The van der Waals surface area contributed by atoms with E-state index in [0.717, 1.165) is 172 Å². The van der Waals surface area contributed by atoms with E-state index in [1.807, 2.05) is 198 Å². The molecule has 11 aromatic carbocycles. The Morgan fingerprint density at radius 3 is 1.16 bits per heavy atom. The number of fused-ring (bicyclic) bond motifs is 4. The van der Waals surface area contributed by atoms with Crippen molar-refractivity contribution >= 4 is 337 Å². The largest absolute Gasteiger partial charge is 0.496 e. The van der Waals surface area contributed by atoms with E-state index in [1.165, 1.54) is 65.2 Å². The standard InChI is InChI=1S/C20H16ClN3S.C15H11BrClNS.C15H12ClNS.C11H17BN2O2.C9H9Br2NO.C9H9Br2NS.C9H8BrNS.C7H7Br2N.C6H6BClO2/c1-12-24-20-17(15-3-2-4-16(21)10-15)8-14(9-18(20)25-12)7-13-5-6-19(22)23-11-13;1-9-18-15-13(11-3-2-4-12(17)7-11)5-10(8-16)6-14(15)19-9;1-9-6-13(11-4-3-5-12(16)8-11)15-14(7-9)18-10(2)17-15;1-10(2)11(3,4)16-12(15-10)8-5-6-9(13)14-7-8;2*1-5-3-7(10)9(8(11)4-5)12-6(2)13;1-5-3-7(10)9-8(4-5)12-6(2)11-9;1-4-2-5(8)7(10)6(9)3-4;8-6-3-1-2-5(4-6)7(9)10/h2-6,8-11H,7H2,1H3,(H2,22,23);2-7H,8H2,1H3;3-8H,1-2H3;5-7H,1-4H3,(H2,13,14);2*3-4H,1-2H3,(H,12,13);3-4H,1-2H3;2-3H,10H2,1H3;1-4,9-10H. The SMILES string of the molecule is CC(=O)Nc1c(Br)cc(C)cc1Br.CC(=S)Nc1c(Br)cc(C)cc1Br.CC1(C)OB(c2ccc(N)nc2)OC1(C)C.Cc1cc(-c2cccc(Cl)c2)c2nc(C)sc2c1.Cc1cc(Br)c(N)c(Br)c1.Cc1cc(Br)c2nc(C)sc2c1.Cc1nc2c(-c3cccc(Cl)c3)cc(CBr)cc2s1.Cc1nc2c(-c3cccc(Cl)c3)cc(Cc3ccc(N)nc3)cc2s1.OB(O)c1cccc(Cl)c1. The number of thiazole rings is 4. The van der Waals surface area contributed by atoms with Gasteiger partial charge >= 0.3 is 14.2 Å². The molecule has 17 aromatic rings. The Labute approximate surface area is 903 Å². The Kier molecular flexibility index (Phi) is 41.7. The molecule has 7 heterocycles. The second kappa shape index (κ2) is 51.1. The molecule has 0 unspecified atom stereocenters. The van der Waals surface area contributed by atoms with Gasteiger partial charge in [-0.1, -0.05) is 135 Å². The summed E-state index contributed by atoms with van der Waals surface area (Å²) < 4.78 is 23.5. The van der Waals surface area contributed by atoms with Gasteiger partial charge in [-0.3, -0.25) is 4.79 Å². The molecule has 1 aliphatic rings. The van der Waals surface area contributed by atoms with Crippen LogP contribution < -0.4 is 38.8 Å². The molecular weight excluding hydrogens is 2410 g/mol. The molecular formula is C101H95B2Br8Cl4N11O5S5. The number of halogens is 12. The fourth-order valence-electron chi connectivity index (χ4n) is 13.4. The lowest BCUT2D eigenvalue weighted by Gasteiger charge is -2.32. The van der Waals surface area contributed by atoms with Crippen LogP contribution in [-0.4, -0.2) is 76.3 Å². The molecule has 704 valence electrons. The molecule has 1 saturated heterocycles. The summed E-state index contributed by atoms with van der Waals surface area (Å²) in [6.07, 6.45) is 4.32. The van der Waals surface area contributed by atoms with E-state index in [2.05, 4.69) is 244 Å². The van der Waals surface area contributed by atoms with Gasteiger partial charge < -0.3 is 47.2 Å². The predicted octanol–water partition coefficient (Wildman–Crippen LogP) is 32.1. The molecule has 1 aliphatic heterocycles. The number of nitrogen functional groups attached to an aromatic ring is 3. The second-order valence-electron chi connectivity index (χ2n) is 32.3. The number of alkyl halides is 1. The number of nitrogens with zero attached hydrogens (tertiary/aromatic N) is 6. The zero-order valence-corrected chi connectivity index (χ0v) is 96.3. The highest BCUT2D eigenvalue weighted by atomic mass is 79.9. The van der Waals surface area contributed by atoms with Gasteiger partial charge in [0.2, 0.25) is 5.91 Å². The van der Waals surface area contributed by atoms with Crippen LogP contribution in [0, 0.1) is 62.3 Å². The van der Waals surface area contributed by atoms with Gasteiger partial charge in [0, 0.05) is 98.2 Å². The minimum Gasteiger partial charge on any atom is -0.423 e. The number of rotatable bonds is 10. The highest BCUT2D eigenvalue weighted by molar-refractivity contribution is 9.12. The zero-order chi connectivity index (χ0) is 99.5. The molecule has 0 atom stereocenters. The van der Waals surface area contributed by atoms with E-state index >= 15 is 0 Å². The van der Waals surface area contributed by atoms with Crippen molar-refractivity contribution in [2.45, 2.75) is 127 Å². The third-order valence-electron chi connectivity index (χ3n) is 20.3. The molecule has 1 amide bonds. The number of aryl methyl sites for hydroxylation is 9. The number of pyridine rings is 2. The van der Waals surface area contributed by atoms with Gasteiger partial charge in [-0.2, -0.15) is 0 Å². The minimum atomic E-state index is -1.43. The normalized spacial score (nSPS) is 12.0. The lowest BCUT2D eigenvalue weighted by Crippen LogP contribution is -2.41. The van der Waals surface area contributed by atoms with Crippen LogP contribution in [0.25, 0.3) is 74.2 Å². The molecule has 1 fully saturated rings. The van der Waals surface area contributed by atoms with E-state index in [9.17, 15) is 4.79 Å². The highest BCUT2D eigenvalue weighted by Crippen LogP contribution is 2.42. The van der Waals surface area contributed by atoms with Crippen molar-refractivity contribution < 1.29 is 24.2 Å². The molecule has 6 aromatic heterocycles. The van der Waals surface area contributed by atoms with Crippen molar-refractivity contribution in [3.05, 3.63) is 335 Å². The van der Waals surface area contributed by atoms with Crippen molar-refractivity contribution in [3.8, 4) is 33.4 Å². The molecule has 0 radical (unpaired) electrons.